The van der Waals surface area contributed by atoms with Crippen molar-refractivity contribution in [3.63, 3.8) is 0 Å². The van der Waals surface area contributed by atoms with E-state index in [1.54, 1.807) is 0 Å². The van der Waals surface area contributed by atoms with Gasteiger partial charge in [-0.1, -0.05) is 73.1 Å². The molecule has 0 bridgehead atoms. The predicted molar refractivity (Wildman–Crippen MR) is 126 cm³/mol. The Morgan fingerprint density at radius 2 is 1.85 bits per heavy atom. The first-order valence-electron chi connectivity index (χ1n) is 9.06. The maximum Gasteiger partial charge on any atom is 0.442 e. The summed E-state index contributed by atoms with van der Waals surface area (Å²) in [6.45, 7) is 5.69. The molecule has 0 spiro atoms. The quantitative estimate of drug-likeness (QED) is 0.347. The van der Waals surface area contributed by atoms with Gasteiger partial charge in [-0.05, 0) is 18.2 Å². The second kappa shape index (κ2) is 10.9. The van der Waals surface area contributed by atoms with Crippen LogP contribution in [-0.4, -0.2) is 32.4 Å². The van der Waals surface area contributed by atoms with Gasteiger partial charge in [0.2, 0.25) is 5.89 Å². The van der Waals surface area contributed by atoms with Gasteiger partial charge in [0.25, 0.3) is 0 Å². The van der Waals surface area contributed by atoms with Crippen LogP contribution in [0.4, 0.5) is 0 Å². The zero-order valence-electron chi connectivity index (χ0n) is 17.5. The van der Waals surface area contributed by atoms with Crippen LogP contribution in [0.15, 0.2) is 33.5 Å². The number of terminal acetylenes is 1. The summed E-state index contributed by atoms with van der Waals surface area (Å²) in [4.78, 5) is 25.9. The smallest absolute Gasteiger partial charge is 0.442 e. The molecule has 0 aliphatic rings. The van der Waals surface area contributed by atoms with Gasteiger partial charge in [-0.15, -0.1) is 11.5 Å². The molecule has 0 aliphatic heterocycles. The highest BCUT2D eigenvalue weighted by molar-refractivity contribution is 6.36. The fraction of sp³-hybridized carbons (Fsp3) is 0.238. The van der Waals surface area contributed by atoms with Crippen LogP contribution in [0.25, 0.3) is 5.69 Å². The highest BCUT2D eigenvalue weighted by atomic mass is 35.5. The van der Waals surface area contributed by atoms with Gasteiger partial charge in [0.05, 0.1) is 20.8 Å². The molecule has 0 aliphatic carbocycles. The largest absolute Gasteiger partial charge is 0.479 e. The van der Waals surface area contributed by atoms with Crippen LogP contribution in [0.2, 0.25) is 20.2 Å². The molecule has 8 nitrogen and oxygen atoms in total. The van der Waals surface area contributed by atoms with Gasteiger partial charge in [0.1, 0.15) is 17.5 Å². The van der Waals surface area contributed by atoms with Gasteiger partial charge in [-0.25, -0.2) is 14.6 Å². The van der Waals surface area contributed by atoms with Crippen LogP contribution in [0.1, 0.15) is 37.2 Å². The first-order chi connectivity index (χ1) is 15.3. The number of ether oxygens (including phenoxy) is 1. The van der Waals surface area contributed by atoms with Gasteiger partial charge >= 0.3 is 11.7 Å². The maximum absolute atomic E-state index is 12.0. The summed E-state index contributed by atoms with van der Waals surface area (Å²) in [5.74, 6) is 1.12. The van der Waals surface area contributed by atoms with Crippen molar-refractivity contribution in [2.45, 2.75) is 26.2 Å². The SMILES string of the molecule is C#CCOc1cc(-n2nc(C(C)(C)C)oc2=O)c(Cl)cc1Cl.O=C(O)c1nc(Cl)ccc1Cl. The third kappa shape index (κ3) is 6.89. The molecule has 0 saturated carbocycles. The third-order valence-electron chi connectivity index (χ3n) is 3.74. The highest BCUT2D eigenvalue weighted by Crippen LogP contribution is 2.33. The Kier molecular flexibility index (Phi) is 8.81. The van der Waals surface area contributed by atoms with Crippen molar-refractivity contribution in [3.05, 3.63) is 66.6 Å². The first kappa shape index (κ1) is 26.6. The summed E-state index contributed by atoms with van der Waals surface area (Å²) in [6, 6.07) is 5.78. The molecule has 12 heteroatoms. The molecule has 0 amide bonds. The van der Waals surface area contributed by atoms with Crippen LogP contribution in [0, 0.1) is 12.3 Å². The Hall–Kier alpha value is -2.70. The first-order valence-corrected chi connectivity index (χ1v) is 10.6. The molecule has 0 atom stereocenters. The number of pyridine rings is 1. The summed E-state index contributed by atoms with van der Waals surface area (Å²) >= 11 is 23.1. The van der Waals surface area contributed by atoms with E-state index in [-0.39, 0.29) is 32.5 Å². The summed E-state index contributed by atoms with van der Waals surface area (Å²) in [5.41, 5.74) is -0.326. The van der Waals surface area contributed by atoms with Crippen molar-refractivity contribution in [2.24, 2.45) is 0 Å². The number of aromatic nitrogens is 3. The van der Waals surface area contributed by atoms with Crippen molar-refractivity contribution < 1.29 is 19.1 Å². The lowest BCUT2D eigenvalue weighted by atomic mass is 9.97. The number of carbonyl (C=O) groups is 1. The maximum atomic E-state index is 12.0. The molecule has 1 N–H and O–H groups in total. The Labute approximate surface area is 209 Å². The number of nitrogens with zero attached hydrogens (tertiary/aromatic N) is 3. The Bertz CT molecular complexity index is 1270. The summed E-state index contributed by atoms with van der Waals surface area (Å²) < 4.78 is 11.6. The van der Waals surface area contributed by atoms with Crippen LogP contribution >= 0.6 is 46.4 Å². The zero-order chi connectivity index (χ0) is 24.9. The van der Waals surface area contributed by atoms with Crippen LogP contribution in [-0.2, 0) is 5.41 Å². The van der Waals surface area contributed by atoms with Crippen molar-refractivity contribution in [2.75, 3.05) is 6.61 Å². The molecule has 0 unspecified atom stereocenters. The predicted octanol–water partition coefficient (Wildman–Crippen LogP) is 5.53. The van der Waals surface area contributed by atoms with Crippen molar-refractivity contribution >= 4 is 52.4 Å². The molecule has 2 heterocycles. The number of carboxylic acids is 1. The number of halogens is 4. The monoisotopic (exact) mass is 531 g/mol. The van der Waals surface area contributed by atoms with E-state index in [1.165, 1.54) is 24.3 Å². The van der Waals surface area contributed by atoms with Crippen molar-refractivity contribution in [1.82, 2.24) is 14.8 Å². The molecule has 3 aromatic rings. The lowest BCUT2D eigenvalue weighted by molar-refractivity contribution is 0.0690. The van der Waals surface area contributed by atoms with E-state index in [0.29, 0.717) is 17.3 Å². The summed E-state index contributed by atoms with van der Waals surface area (Å²) in [7, 11) is 0. The van der Waals surface area contributed by atoms with Crippen LogP contribution < -0.4 is 10.5 Å². The normalized spacial score (nSPS) is 10.7. The summed E-state index contributed by atoms with van der Waals surface area (Å²) in [5, 5.41) is 13.4. The Balaban J connectivity index is 0.000000294. The minimum atomic E-state index is -1.18. The molecule has 0 saturated heterocycles. The van der Waals surface area contributed by atoms with Gasteiger partial charge in [0.15, 0.2) is 5.69 Å². The zero-order valence-corrected chi connectivity index (χ0v) is 20.6. The standard InChI is InChI=1S/C15H14Cl2N2O3.C6H3Cl2NO2/c1-5-6-21-12-8-11(9(16)7-10(12)17)19-14(20)22-13(18-19)15(2,3)4;7-3-1-2-4(8)9-5(3)6(10)11/h1,7-8H,6H2,2-4H3;1-2H,(H,10,11). The number of rotatable bonds is 4. The fourth-order valence-electron chi connectivity index (χ4n) is 2.21. The van der Waals surface area contributed by atoms with Crippen LogP contribution in [0.3, 0.4) is 0 Å². The van der Waals surface area contributed by atoms with E-state index in [2.05, 4.69) is 16.0 Å². The number of benzene rings is 1. The minimum absolute atomic E-state index is 0.0434. The third-order valence-corrected chi connectivity index (χ3v) is 4.86. The van der Waals surface area contributed by atoms with E-state index in [0.717, 1.165) is 4.68 Å². The molecular weight excluding hydrogens is 516 g/mol. The average molecular weight is 533 g/mol. The topological polar surface area (TPSA) is 107 Å². The van der Waals surface area contributed by atoms with Gasteiger partial charge in [-0.3, -0.25) is 0 Å². The molecule has 3 rings (SSSR count). The lowest BCUT2D eigenvalue weighted by Crippen LogP contribution is -2.15. The molecular formula is C21H17Cl4N3O5. The van der Waals surface area contributed by atoms with Crippen LogP contribution in [0.5, 0.6) is 5.75 Å². The van der Waals surface area contributed by atoms with E-state index in [1.807, 2.05) is 20.8 Å². The number of carboxylic acid groups (broad SMARTS) is 1. The molecule has 0 radical (unpaired) electrons. The summed E-state index contributed by atoms with van der Waals surface area (Å²) in [6.07, 6.45) is 5.15. The van der Waals surface area contributed by atoms with E-state index < -0.39 is 17.1 Å². The van der Waals surface area contributed by atoms with Gasteiger partial charge in [0, 0.05) is 11.5 Å². The Morgan fingerprint density at radius 1 is 1.18 bits per heavy atom. The molecule has 2 aromatic heterocycles. The molecule has 1 aromatic carbocycles. The number of aromatic carboxylic acids is 1. The van der Waals surface area contributed by atoms with E-state index in [9.17, 15) is 9.59 Å². The molecule has 33 heavy (non-hydrogen) atoms. The second-order valence-corrected chi connectivity index (χ2v) is 8.94. The lowest BCUT2D eigenvalue weighted by Gasteiger charge is -2.11. The van der Waals surface area contributed by atoms with Gasteiger partial charge in [-0.2, -0.15) is 4.68 Å². The van der Waals surface area contributed by atoms with Crippen molar-refractivity contribution in [1.29, 1.82) is 0 Å². The Morgan fingerprint density at radius 3 is 2.36 bits per heavy atom. The number of hydrogen-bond acceptors (Lipinski definition) is 6. The number of hydrogen-bond donors (Lipinski definition) is 1. The highest BCUT2D eigenvalue weighted by Gasteiger charge is 2.24. The molecule has 174 valence electrons. The second-order valence-electron chi connectivity index (χ2n) is 7.33. The molecule has 0 fully saturated rings. The van der Waals surface area contributed by atoms with E-state index in [4.69, 9.17) is 67.1 Å². The van der Waals surface area contributed by atoms with E-state index >= 15 is 0 Å². The fourth-order valence-corrected chi connectivity index (χ4v) is 3.06. The van der Waals surface area contributed by atoms with Crippen molar-refractivity contribution in [3.8, 4) is 23.8 Å². The minimum Gasteiger partial charge on any atom is -0.479 e. The van der Waals surface area contributed by atoms with Gasteiger partial charge < -0.3 is 14.3 Å². The average Bonchev–Trinajstić information content (AvgIpc) is 3.11.